The van der Waals surface area contributed by atoms with Gasteiger partial charge < -0.3 is 15.0 Å². The number of rotatable bonds is 8. The Hall–Kier alpha value is -2.44. The van der Waals surface area contributed by atoms with Crippen LogP contribution < -0.4 is 5.32 Å². The Bertz CT molecular complexity index is 1180. The number of hydrogen-bond donors (Lipinski definition) is 2. The number of aromatic nitrogens is 3. The van der Waals surface area contributed by atoms with E-state index in [-0.39, 0.29) is 11.6 Å². The van der Waals surface area contributed by atoms with Gasteiger partial charge in [0.05, 0.1) is 6.10 Å². The van der Waals surface area contributed by atoms with Crippen molar-refractivity contribution in [3.05, 3.63) is 42.2 Å². The molecule has 37 heavy (non-hydrogen) atoms. The van der Waals surface area contributed by atoms with Gasteiger partial charge >= 0.3 is 0 Å². The number of aliphatic hydroxyl groups excluding tert-OH is 1. The van der Waals surface area contributed by atoms with Crippen LogP contribution in [0.1, 0.15) is 95.6 Å². The number of anilines is 1. The normalized spacial score (nSPS) is 24.2. The fourth-order valence-corrected chi connectivity index (χ4v) is 6.70. The minimum absolute atomic E-state index is 0.162. The molecule has 198 valence electrons. The number of aliphatic hydroxyl groups is 1. The quantitative estimate of drug-likeness (QED) is 0.338. The second-order valence-electron chi connectivity index (χ2n) is 11.6. The molecule has 1 aliphatic heterocycles. The molecule has 1 saturated heterocycles. The van der Waals surface area contributed by atoms with Crippen LogP contribution >= 0.6 is 0 Å². The summed E-state index contributed by atoms with van der Waals surface area (Å²) in [4.78, 5) is 12.5. The van der Waals surface area contributed by atoms with E-state index in [9.17, 15) is 5.11 Å². The molecule has 3 aliphatic rings. The summed E-state index contributed by atoms with van der Waals surface area (Å²) in [5, 5.41) is 14.6. The lowest BCUT2D eigenvalue weighted by molar-refractivity contribution is 0.111. The van der Waals surface area contributed by atoms with Gasteiger partial charge in [0.2, 0.25) is 5.95 Å². The average molecular weight is 502 g/mol. The van der Waals surface area contributed by atoms with Crippen molar-refractivity contribution >= 4 is 17.0 Å². The van der Waals surface area contributed by atoms with E-state index in [1.54, 1.807) is 0 Å². The highest BCUT2D eigenvalue weighted by Crippen LogP contribution is 2.52. The van der Waals surface area contributed by atoms with E-state index in [1.165, 1.54) is 68.3 Å². The molecule has 3 aromatic rings. The van der Waals surface area contributed by atoms with Crippen molar-refractivity contribution in [1.82, 2.24) is 19.4 Å². The first-order valence-corrected chi connectivity index (χ1v) is 14.8. The van der Waals surface area contributed by atoms with Gasteiger partial charge in [0.1, 0.15) is 5.65 Å². The summed E-state index contributed by atoms with van der Waals surface area (Å²) in [5.74, 6) is 0.714. The highest BCUT2D eigenvalue weighted by Gasteiger charge is 2.48. The second-order valence-corrected chi connectivity index (χ2v) is 11.6. The molecule has 6 nitrogen and oxygen atoms in total. The Morgan fingerprint density at radius 3 is 2.41 bits per heavy atom. The van der Waals surface area contributed by atoms with Crippen molar-refractivity contribution in [2.45, 2.75) is 102 Å². The highest BCUT2D eigenvalue weighted by atomic mass is 16.3. The predicted molar refractivity (Wildman–Crippen MR) is 151 cm³/mol. The van der Waals surface area contributed by atoms with Crippen LogP contribution in [0.15, 0.2) is 36.7 Å². The number of hydrogen-bond acceptors (Lipinski definition) is 5. The minimum Gasteiger partial charge on any atom is -0.393 e. The standard InChI is InChI=1S/C31H43N5O/c1-2-3-18-32-30-33-21-27-28(22-36(29(27)34-30)25-12-14-26(37)15-13-25)23-8-10-24(11-9-23)31(16-17-31)35-19-6-4-5-7-20-35/h8-11,21-22,25-26,37H,2-7,12-20H2,1H3,(H,32,33,34). The lowest BCUT2D eigenvalue weighted by atomic mass is 9.93. The molecule has 0 bridgehead atoms. The molecule has 0 atom stereocenters. The first-order valence-electron chi connectivity index (χ1n) is 14.8. The minimum atomic E-state index is -0.162. The van der Waals surface area contributed by atoms with Gasteiger partial charge in [0.15, 0.2) is 0 Å². The first-order chi connectivity index (χ1) is 18.2. The van der Waals surface area contributed by atoms with Gasteiger partial charge in [-0.25, -0.2) is 4.98 Å². The summed E-state index contributed by atoms with van der Waals surface area (Å²) < 4.78 is 2.37. The topological polar surface area (TPSA) is 66.2 Å². The van der Waals surface area contributed by atoms with Gasteiger partial charge in [-0.05, 0) is 82.0 Å². The molecule has 1 aromatic carbocycles. The van der Waals surface area contributed by atoms with Gasteiger partial charge in [-0.1, -0.05) is 50.5 Å². The van der Waals surface area contributed by atoms with Crippen LogP contribution in [0.5, 0.6) is 0 Å². The fourth-order valence-electron chi connectivity index (χ4n) is 6.70. The molecule has 2 saturated carbocycles. The summed E-state index contributed by atoms with van der Waals surface area (Å²) in [5.41, 5.74) is 5.24. The SMILES string of the molecule is CCCCNc1ncc2c(-c3ccc(C4(N5CCCCCC5)CC4)cc3)cn(C3CCC(O)CC3)c2n1. The zero-order chi connectivity index (χ0) is 25.2. The van der Waals surface area contributed by atoms with Crippen LogP contribution in [0.25, 0.3) is 22.2 Å². The average Bonchev–Trinajstić information content (AvgIpc) is 3.70. The Morgan fingerprint density at radius 2 is 1.73 bits per heavy atom. The molecular formula is C31H43N5O. The van der Waals surface area contributed by atoms with Crippen LogP contribution in [-0.4, -0.2) is 50.3 Å². The number of unbranched alkanes of at least 4 members (excludes halogenated alkanes) is 1. The smallest absolute Gasteiger partial charge is 0.224 e. The number of fused-ring (bicyclic) bond motifs is 1. The summed E-state index contributed by atoms with van der Waals surface area (Å²) in [6.07, 6.45) is 18.1. The zero-order valence-corrected chi connectivity index (χ0v) is 22.5. The molecule has 0 unspecified atom stereocenters. The summed E-state index contributed by atoms with van der Waals surface area (Å²) in [7, 11) is 0. The summed E-state index contributed by atoms with van der Waals surface area (Å²) in [6.45, 7) is 5.59. The van der Waals surface area contributed by atoms with Crippen LogP contribution in [0.4, 0.5) is 5.95 Å². The lowest BCUT2D eigenvalue weighted by Crippen LogP contribution is -2.36. The number of benzene rings is 1. The second kappa shape index (κ2) is 10.7. The summed E-state index contributed by atoms with van der Waals surface area (Å²) >= 11 is 0. The van der Waals surface area contributed by atoms with Crippen molar-refractivity contribution in [1.29, 1.82) is 0 Å². The molecule has 2 aromatic heterocycles. The number of nitrogens with one attached hydrogen (secondary N) is 1. The maximum Gasteiger partial charge on any atom is 0.224 e. The van der Waals surface area contributed by atoms with Crippen molar-refractivity contribution in [3.63, 3.8) is 0 Å². The van der Waals surface area contributed by atoms with Gasteiger partial charge in [-0.3, -0.25) is 4.90 Å². The van der Waals surface area contributed by atoms with E-state index in [1.807, 2.05) is 6.20 Å². The van der Waals surface area contributed by atoms with E-state index < -0.39 is 0 Å². The first kappa shape index (κ1) is 24.9. The third-order valence-corrected chi connectivity index (χ3v) is 9.11. The van der Waals surface area contributed by atoms with Crippen LogP contribution in [0.3, 0.4) is 0 Å². The molecule has 0 radical (unpaired) electrons. The third kappa shape index (κ3) is 5.03. The van der Waals surface area contributed by atoms with Crippen LogP contribution in [-0.2, 0) is 5.54 Å². The Morgan fingerprint density at radius 1 is 1.00 bits per heavy atom. The van der Waals surface area contributed by atoms with Crippen molar-refractivity contribution in [2.24, 2.45) is 0 Å². The van der Waals surface area contributed by atoms with Crippen molar-refractivity contribution < 1.29 is 5.11 Å². The van der Waals surface area contributed by atoms with Gasteiger partial charge in [0.25, 0.3) is 0 Å². The Kier molecular flexibility index (Phi) is 7.22. The third-order valence-electron chi connectivity index (χ3n) is 9.11. The van der Waals surface area contributed by atoms with E-state index in [4.69, 9.17) is 9.97 Å². The highest BCUT2D eigenvalue weighted by molar-refractivity contribution is 5.94. The monoisotopic (exact) mass is 501 g/mol. The van der Waals surface area contributed by atoms with Crippen molar-refractivity contribution in [2.75, 3.05) is 25.0 Å². The maximum atomic E-state index is 10.1. The van der Waals surface area contributed by atoms with Crippen LogP contribution in [0, 0.1) is 0 Å². The zero-order valence-electron chi connectivity index (χ0n) is 22.5. The van der Waals surface area contributed by atoms with Gasteiger partial charge in [-0.2, -0.15) is 4.98 Å². The van der Waals surface area contributed by atoms with Gasteiger partial charge in [0, 0.05) is 41.5 Å². The molecule has 2 N–H and O–H groups in total. The van der Waals surface area contributed by atoms with Crippen molar-refractivity contribution in [3.8, 4) is 11.1 Å². The number of likely N-dealkylation sites (tertiary alicyclic amines) is 1. The molecular weight excluding hydrogens is 458 g/mol. The lowest BCUT2D eigenvalue weighted by Gasteiger charge is -2.31. The Balaban J connectivity index is 1.32. The predicted octanol–water partition coefficient (Wildman–Crippen LogP) is 6.65. The maximum absolute atomic E-state index is 10.1. The Labute approximate surface area is 221 Å². The largest absolute Gasteiger partial charge is 0.393 e. The van der Waals surface area contributed by atoms with E-state index in [0.29, 0.717) is 12.0 Å². The molecule has 0 spiro atoms. The molecule has 3 heterocycles. The molecule has 6 rings (SSSR count). The number of nitrogens with zero attached hydrogens (tertiary/aromatic N) is 4. The van der Waals surface area contributed by atoms with Gasteiger partial charge in [-0.15, -0.1) is 0 Å². The fraction of sp³-hybridized carbons (Fsp3) is 0.613. The molecule has 0 amide bonds. The van der Waals surface area contributed by atoms with E-state index in [2.05, 4.69) is 52.2 Å². The van der Waals surface area contributed by atoms with E-state index in [0.717, 1.165) is 56.1 Å². The molecule has 3 fully saturated rings. The van der Waals surface area contributed by atoms with E-state index >= 15 is 0 Å². The van der Waals surface area contributed by atoms with Crippen LogP contribution in [0.2, 0.25) is 0 Å². The molecule has 6 heteroatoms. The summed E-state index contributed by atoms with van der Waals surface area (Å²) in [6, 6.07) is 9.79. The molecule has 2 aliphatic carbocycles.